The van der Waals surface area contributed by atoms with Crippen molar-refractivity contribution >= 4 is 17.4 Å². The van der Waals surface area contributed by atoms with Crippen LogP contribution in [-0.2, 0) is 11.3 Å². The van der Waals surface area contributed by atoms with Gasteiger partial charge in [0.1, 0.15) is 18.5 Å². The smallest absolute Gasteiger partial charge is 0.224 e. The molecule has 0 aliphatic carbocycles. The van der Waals surface area contributed by atoms with E-state index in [4.69, 9.17) is 0 Å². The predicted molar refractivity (Wildman–Crippen MR) is 101 cm³/mol. The number of anilines is 2. The Kier molecular flexibility index (Phi) is 6.04. The van der Waals surface area contributed by atoms with E-state index in [1.165, 1.54) is 6.33 Å². The molecule has 0 unspecified atom stereocenters. The number of carbonyl (C=O) groups excluding carboxylic acids is 1. The Morgan fingerprint density at radius 1 is 1.31 bits per heavy atom. The Labute approximate surface area is 154 Å². The monoisotopic (exact) mass is 357 g/mol. The van der Waals surface area contributed by atoms with Crippen LogP contribution < -0.4 is 10.2 Å². The lowest BCUT2D eigenvalue weighted by molar-refractivity contribution is -0.131. The number of nitrogens with zero attached hydrogens (tertiary/aromatic N) is 6. The van der Waals surface area contributed by atoms with Gasteiger partial charge in [0.05, 0.1) is 18.4 Å². The SMILES string of the molecule is CN(C)c1ccc(N[C@H]2CCCN(C(=O)CCn3cncn3)CC2)cn1. The van der Waals surface area contributed by atoms with Crippen molar-refractivity contribution in [1.29, 1.82) is 0 Å². The summed E-state index contributed by atoms with van der Waals surface area (Å²) in [5.41, 5.74) is 1.03. The first-order valence-electron chi connectivity index (χ1n) is 9.12. The number of aryl methyl sites for hydroxylation is 1. The number of amides is 1. The second-order valence-corrected chi connectivity index (χ2v) is 6.86. The maximum Gasteiger partial charge on any atom is 0.224 e. The maximum atomic E-state index is 12.4. The average molecular weight is 357 g/mol. The number of hydrogen-bond donors (Lipinski definition) is 1. The quantitative estimate of drug-likeness (QED) is 0.846. The number of likely N-dealkylation sites (tertiary alicyclic amines) is 1. The van der Waals surface area contributed by atoms with Crippen LogP contribution in [0.1, 0.15) is 25.7 Å². The van der Waals surface area contributed by atoms with Crippen molar-refractivity contribution in [2.24, 2.45) is 0 Å². The Bertz CT molecular complexity index is 684. The lowest BCUT2D eigenvalue weighted by atomic mass is 10.1. The molecule has 0 saturated carbocycles. The first-order valence-corrected chi connectivity index (χ1v) is 9.12. The van der Waals surface area contributed by atoms with E-state index in [1.54, 1.807) is 11.0 Å². The standard InChI is InChI=1S/C18H27N7O/c1-23(2)17-6-5-16(12-20-17)22-15-4-3-9-24(10-7-15)18(26)8-11-25-14-19-13-21-25/h5-6,12-15,22H,3-4,7-11H2,1-2H3/t15-/m0/s1. The van der Waals surface area contributed by atoms with Gasteiger partial charge in [0.2, 0.25) is 5.91 Å². The molecule has 140 valence electrons. The number of hydrogen-bond acceptors (Lipinski definition) is 6. The van der Waals surface area contributed by atoms with Gasteiger partial charge in [-0.2, -0.15) is 5.10 Å². The minimum Gasteiger partial charge on any atom is -0.381 e. The highest BCUT2D eigenvalue weighted by atomic mass is 16.2. The van der Waals surface area contributed by atoms with Gasteiger partial charge in [-0.15, -0.1) is 0 Å². The highest BCUT2D eigenvalue weighted by Gasteiger charge is 2.20. The summed E-state index contributed by atoms with van der Waals surface area (Å²) in [4.78, 5) is 24.8. The fraction of sp³-hybridized carbons (Fsp3) is 0.556. The van der Waals surface area contributed by atoms with Gasteiger partial charge in [-0.3, -0.25) is 9.48 Å². The maximum absolute atomic E-state index is 12.4. The molecule has 0 spiro atoms. The molecule has 1 aliphatic rings. The van der Waals surface area contributed by atoms with Crippen molar-refractivity contribution in [3.63, 3.8) is 0 Å². The van der Waals surface area contributed by atoms with E-state index in [9.17, 15) is 4.79 Å². The Balaban J connectivity index is 1.47. The molecule has 1 saturated heterocycles. The molecule has 0 radical (unpaired) electrons. The molecule has 26 heavy (non-hydrogen) atoms. The molecular formula is C18H27N7O. The van der Waals surface area contributed by atoms with Gasteiger partial charge < -0.3 is 15.1 Å². The molecule has 0 aromatic carbocycles. The normalized spacial score (nSPS) is 17.6. The highest BCUT2D eigenvalue weighted by Crippen LogP contribution is 2.18. The first-order chi connectivity index (χ1) is 12.6. The molecule has 3 heterocycles. The van der Waals surface area contributed by atoms with Crippen LogP contribution in [0.3, 0.4) is 0 Å². The molecule has 1 atom stereocenters. The van der Waals surface area contributed by atoms with Crippen molar-refractivity contribution < 1.29 is 4.79 Å². The minimum absolute atomic E-state index is 0.193. The summed E-state index contributed by atoms with van der Waals surface area (Å²) >= 11 is 0. The second-order valence-electron chi connectivity index (χ2n) is 6.86. The minimum atomic E-state index is 0.193. The van der Waals surface area contributed by atoms with E-state index in [1.807, 2.05) is 36.2 Å². The molecule has 1 fully saturated rings. The molecule has 1 amide bonds. The van der Waals surface area contributed by atoms with Crippen LogP contribution in [0, 0.1) is 0 Å². The van der Waals surface area contributed by atoms with Gasteiger partial charge >= 0.3 is 0 Å². The zero-order valence-corrected chi connectivity index (χ0v) is 15.5. The first kappa shape index (κ1) is 18.2. The van der Waals surface area contributed by atoms with Crippen LogP contribution in [0.15, 0.2) is 31.0 Å². The summed E-state index contributed by atoms with van der Waals surface area (Å²) in [6, 6.07) is 4.45. The summed E-state index contributed by atoms with van der Waals surface area (Å²) in [7, 11) is 3.96. The fourth-order valence-corrected chi connectivity index (χ4v) is 3.18. The van der Waals surface area contributed by atoms with Crippen LogP contribution in [0.25, 0.3) is 0 Å². The van der Waals surface area contributed by atoms with Crippen LogP contribution >= 0.6 is 0 Å². The van der Waals surface area contributed by atoms with Crippen molar-refractivity contribution in [2.45, 2.75) is 38.3 Å². The molecule has 8 nitrogen and oxygen atoms in total. The molecule has 3 rings (SSSR count). The van der Waals surface area contributed by atoms with Gasteiger partial charge in [0, 0.05) is 39.6 Å². The highest BCUT2D eigenvalue weighted by molar-refractivity contribution is 5.76. The molecule has 1 N–H and O–H groups in total. The predicted octanol–water partition coefficient (Wildman–Crippen LogP) is 1.62. The molecule has 2 aromatic heterocycles. The lowest BCUT2D eigenvalue weighted by Gasteiger charge is -2.21. The summed E-state index contributed by atoms with van der Waals surface area (Å²) in [5, 5.41) is 7.60. The van der Waals surface area contributed by atoms with E-state index in [2.05, 4.69) is 26.4 Å². The Hall–Kier alpha value is -2.64. The summed E-state index contributed by atoms with van der Waals surface area (Å²) in [6.45, 7) is 2.20. The van der Waals surface area contributed by atoms with E-state index in [0.29, 0.717) is 19.0 Å². The number of nitrogens with one attached hydrogen (secondary N) is 1. The second kappa shape index (κ2) is 8.64. The summed E-state index contributed by atoms with van der Waals surface area (Å²) in [5.74, 6) is 1.14. The molecule has 2 aromatic rings. The average Bonchev–Trinajstić information content (AvgIpc) is 3.05. The molecule has 8 heteroatoms. The van der Waals surface area contributed by atoms with Crippen LogP contribution in [0.2, 0.25) is 0 Å². The van der Waals surface area contributed by atoms with Gasteiger partial charge in [0.25, 0.3) is 0 Å². The molecular weight excluding hydrogens is 330 g/mol. The number of aromatic nitrogens is 4. The van der Waals surface area contributed by atoms with E-state index in [0.717, 1.165) is 43.9 Å². The van der Waals surface area contributed by atoms with Crippen molar-refractivity contribution in [3.05, 3.63) is 31.0 Å². The largest absolute Gasteiger partial charge is 0.381 e. The third kappa shape index (κ3) is 4.93. The summed E-state index contributed by atoms with van der Waals surface area (Å²) in [6.07, 6.45) is 8.50. The van der Waals surface area contributed by atoms with E-state index >= 15 is 0 Å². The number of pyridine rings is 1. The number of rotatable bonds is 6. The van der Waals surface area contributed by atoms with Crippen molar-refractivity contribution in [1.82, 2.24) is 24.6 Å². The van der Waals surface area contributed by atoms with Gasteiger partial charge in [-0.1, -0.05) is 0 Å². The van der Waals surface area contributed by atoms with Crippen LogP contribution in [0.5, 0.6) is 0 Å². The van der Waals surface area contributed by atoms with Gasteiger partial charge in [-0.05, 0) is 31.4 Å². The van der Waals surface area contributed by atoms with Crippen molar-refractivity contribution in [3.8, 4) is 0 Å². The summed E-state index contributed by atoms with van der Waals surface area (Å²) < 4.78 is 1.70. The zero-order valence-electron chi connectivity index (χ0n) is 15.5. The third-order valence-electron chi connectivity index (χ3n) is 4.68. The van der Waals surface area contributed by atoms with E-state index in [-0.39, 0.29) is 5.91 Å². The van der Waals surface area contributed by atoms with Gasteiger partial charge in [-0.25, -0.2) is 9.97 Å². The van der Waals surface area contributed by atoms with E-state index < -0.39 is 0 Å². The molecule has 0 bridgehead atoms. The van der Waals surface area contributed by atoms with Crippen LogP contribution in [0.4, 0.5) is 11.5 Å². The topological polar surface area (TPSA) is 79.2 Å². The Morgan fingerprint density at radius 3 is 2.88 bits per heavy atom. The van der Waals surface area contributed by atoms with Crippen molar-refractivity contribution in [2.75, 3.05) is 37.4 Å². The number of carbonyl (C=O) groups is 1. The zero-order chi connectivity index (χ0) is 18.4. The van der Waals surface area contributed by atoms with Gasteiger partial charge in [0.15, 0.2) is 0 Å². The fourth-order valence-electron chi connectivity index (χ4n) is 3.18. The third-order valence-corrected chi connectivity index (χ3v) is 4.68. The lowest BCUT2D eigenvalue weighted by Crippen LogP contribution is -2.33. The van der Waals surface area contributed by atoms with Crippen LogP contribution in [-0.4, -0.2) is 63.8 Å². The molecule has 1 aliphatic heterocycles. The Morgan fingerprint density at radius 2 is 2.19 bits per heavy atom.